The van der Waals surface area contributed by atoms with E-state index >= 15 is 0 Å². The number of rotatable bonds is 7. The molecule has 0 aliphatic rings. The predicted octanol–water partition coefficient (Wildman–Crippen LogP) is 3.34. The fraction of sp³-hybridized carbons (Fsp3) is 0.263. The van der Waals surface area contributed by atoms with Gasteiger partial charge in [-0.1, -0.05) is 30.2 Å². The molecule has 0 aliphatic heterocycles. The second kappa shape index (κ2) is 8.11. The zero-order valence-corrected chi connectivity index (χ0v) is 13.1. The highest BCUT2D eigenvalue weighted by Crippen LogP contribution is 2.16. The monoisotopic (exact) mass is 295 g/mol. The third-order valence-electron chi connectivity index (χ3n) is 3.45. The minimum Gasteiger partial charge on any atom is -0.497 e. The average molecular weight is 295 g/mol. The molecular formula is C19H21NO2. The first-order chi connectivity index (χ1) is 10.7. The van der Waals surface area contributed by atoms with Crippen molar-refractivity contribution >= 4 is 0 Å². The maximum absolute atomic E-state index is 5.50. The molecule has 0 aromatic heterocycles. The molecule has 0 fully saturated rings. The van der Waals surface area contributed by atoms with E-state index in [1.165, 1.54) is 11.1 Å². The fourth-order valence-electron chi connectivity index (χ4n) is 2.28. The van der Waals surface area contributed by atoms with E-state index in [1.807, 2.05) is 24.3 Å². The highest BCUT2D eigenvalue weighted by molar-refractivity contribution is 5.28. The molecule has 22 heavy (non-hydrogen) atoms. The number of benzene rings is 2. The summed E-state index contributed by atoms with van der Waals surface area (Å²) in [6.45, 7) is 2.22. The second-order valence-corrected chi connectivity index (χ2v) is 5.05. The molecule has 114 valence electrons. The first kappa shape index (κ1) is 15.9. The van der Waals surface area contributed by atoms with Gasteiger partial charge in [-0.25, -0.2) is 0 Å². The maximum Gasteiger partial charge on any atom is 0.118 e. The summed E-state index contributed by atoms with van der Waals surface area (Å²) < 4.78 is 10.4. The van der Waals surface area contributed by atoms with E-state index in [0.29, 0.717) is 6.54 Å². The lowest BCUT2D eigenvalue weighted by atomic mass is 10.1. The van der Waals surface area contributed by atoms with Crippen LogP contribution in [0, 0.1) is 12.3 Å². The number of methoxy groups -OCH3 is 2. The van der Waals surface area contributed by atoms with Crippen LogP contribution in [-0.2, 0) is 13.1 Å². The van der Waals surface area contributed by atoms with E-state index in [-0.39, 0.29) is 0 Å². The lowest BCUT2D eigenvalue weighted by molar-refractivity contribution is 0.290. The number of ether oxygens (including phenoxy) is 2. The van der Waals surface area contributed by atoms with Crippen LogP contribution in [0.1, 0.15) is 11.1 Å². The van der Waals surface area contributed by atoms with Gasteiger partial charge in [0.2, 0.25) is 0 Å². The van der Waals surface area contributed by atoms with Gasteiger partial charge < -0.3 is 9.47 Å². The van der Waals surface area contributed by atoms with Crippen molar-refractivity contribution in [3.8, 4) is 23.8 Å². The Labute approximate surface area is 132 Å². The molecule has 2 rings (SSSR count). The topological polar surface area (TPSA) is 21.7 Å². The molecule has 0 aliphatic carbocycles. The third-order valence-corrected chi connectivity index (χ3v) is 3.45. The SMILES string of the molecule is C#CCN(Cc1ccc(OC)cc1)Cc1ccc(OC)cc1. The van der Waals surface area contributed by atoms with E-state index in [2.05, 4.69) is 35.1 Å². The van der Waals surface area contributed by atoms with E-state index in [0.717, 1.165) is 24.6 Å². The fourth-order valence-corrected chi connectivity index (χ4v) is 2.28. The first-order valence-corrected chi connectivity index (χ1v) is 7.17. The smallest absolute Gasteiger partial charge is 0.118 e. The lowest BCUT2D eigenvalue weighted by Crippen LogP contribution is -2.23. The predicted molar refractivity (Wildman–Crippen MR) is 88.9 cm³/mol. The Bertz CT molecular complexity index is 562. The van der Waals surface area contributed by atoms with Crippen molar-refractivity contribution < 1.29 is 9.47 Å². The zero-order valence-electron chi connectivity index (χ0n) is 13.1. The number of hydrogen-bond donors (Lipinski definition) is 0. The van der Waals surface area contributed by atoms with Gasteiger partial charge >= 0.3 is 0 Å². The summed E-state index contributed by atoms with van der Waals surface area (Å²) in [6.07, 6.45) is 5.50. The normalized spacial score (nSPS) is 10.3. The Hall–Kier alpha value is -2.44. The van der Waals surface area contributed by atoms with Crippen LogP contribution >= 0.6 is 0 Å². The van der Waals surface area contributed by atoms with Crippen molar-refractivity contribution in [2.24, 2.45) is 0 Å². The summed E-state index contributed by atoms with van der Waals surface area (Å²) in [4.78, 5) is 2.23. The molecule has 0 bridgehead atoms. The molecule has 0 saturated heterocycles. The highest BCUT2D eigenvalue weighted by Gasteiger charge is 2.06. The van der Waals surface area contributed by atoms with Gasteiger partial charge in [-0.05, 0) is 35.4 Å². The van der Waals surface area contributed by atoms with E-state index < -0.39 is 0 Å². The van der Waals surface area contributed by atoms with Crippen LogP contribution < -0.4 is 9.47 Å². The molecule has 0 atom stereocenters. The molecular weight excluding hydrogens is 274 g/mol. The Morgan fingerprint density at radius 3 is 1.55 bits per heavy atom. The first-order valence-electron chi connectivity index (χ1n) is 7.17. The van der Waals surface area contributed by atoms with Crippen LogP contribution in [-0.4, -0.2) is 25.7 Å². The number of hydrogen-bond acceptors (Lipinski definition) is 3. The molecule has 0 N–H and O–H groups in total. The van der Waals surface area contributed by atoms with Gasteiger partial charge in [0.15, 0.2) is 0 Å². The molecule has 2 aromatic rings. The van der Waals surface area contributed by atoms with Crippen molar-refractivity contribution in [3.05, 3.63) is 59.7 Å². The molecule has 0 radical (unpaired) electrons. The molecule has 3 heteroatoms. The van der Waals surface area contributed by atoms with E-state index in [1.54, 1.807) is 14.2 Å². The number of nitrogens with zero attached hydrogens (tertiary/aromatic N) is 1. The summed E-state index contributed by atoms with van der Waals surface area (Å²) >= 11 is 0. The van der Waals surface area contributed by atoms with Gasteiger partial charge in [0, 0.05) is 13.1 Å². The van der Waals surface area contributed by atoms with E-state index in [4.69, 9.17) is 15.9 Å². The minimum absolute atomic E-state index is 0.609. The van der Waals surface area contributed by atoms with Gasteiger partial charge in [-0.3, -0.25) is 4.90 Å². The molecule has 0 spiro atoms. The molecule has 0 amide bonds. The molecule has 0 unspecified atom stereocenters. The molecule has 3 nitrogen and oxygen atoms in total. The third kappa shape index (κ3) is 4.54. The summed E-state index contributed by atoms with van der Waals surface area (Å²) in [5.74, 6) is 4.46. The molecule has 2 aromatic carbocycles. The maximum atomic E-state index is 5.50. The van der Waals surface area contributed by atoms with Gasteiger partial charge in [0.1, 0.15) is 11.5 Å². The van der Waals surface area contributed by atoms with Crippen LogP contribution in [0.2, 0.25) is 0 Å². The van der Waals surface area contributed by atoms with Crippen molar-refractivity contribution in [3.63, 3.8) is 0 Å². The van der Waals surface area contributed by atoms with Crippen LogP contribution in [0.25, 0.3) is 0 Å². The van der Waals surface area contributed by atoms with Gasteiger partial charge in [-0.15, -0.1) is 6.42 Å². The highest BCUT2D eigenvalue weighted by atomic mass is 16.5. The second-order valence-electron chi connectivity index (χ2n) is 5.05. The summed E-state index contributed by atoms with van der Waals surface area (Å²) in [6, 6.07) is 16.1. The van der Waals surface area contributed by atoms with Crippen LogP contribution in [0.3, 0.4) is 0 Å². The largest absolute Gasteiger partial charge is 0.497 e. The van der Waals surface area contributed by atoms with Crippen LogP contribution in [0.4, 0.5) is 0 Å². The van der Waals surface area contributed by atoms with Crippen molar-refractivity contribution in [1.29, 1.82) is 0 Å². The Kier molecular flexibility index (Phi) is 5.88. The van der Waals surface area contributed by atoms with Gasteiger partial charge in [0.25, 0.3) is 0 Å². The van der Waals surface area contributed by atoms with Crippen molar-refractivity contribution in [1.82, 2.24) is 4.90 Å². The summed E-state index contributed by atoms with van der Waals surface area (Å²) in [7, 11) is 3.34. The quantitative estimate of drug-likeness (QED) is 0.731. The van der Waals surface area contributed by atoms with Crippen molar-refractivity contribution in [2.75, 3.05) is 20.8 Å². The minimum atomic E-state index is 0.609. The Morgan fingerprint density at radius 1 is 0.818 bits per heavy atom. The lowest BCUT2D eigenvalue weighted by Gasteiger charge is -2.20. The molecule has 0 heterocycles. The summed E-state index contributed by atoms with van der Waals surface area (Å²) in [5, 5.41) is 0. The van der Waals surface area contributed by atoms with Gasteiger partial charge in [0.05, 0.1) is 20.8 Å². The molecule has 0 saturated carbocycles. The zero-order chi connectivity index (χ0) is 15.8. The van der Waals surface area contributed by atoms with Crippen molar-refractivity contribution in [2.45, 2.75) is 13.1 Å². The average Bonchev–Trinajstić information content (AvgIpc) is 2.56. The standard InChI is InChI=1S/C19H21NO2/c1-4-13-20(14-16-5-9-18(21-2)10-6-16)15-17-7-11-19(22-3)12-8-17/h1,5-12H,13-15H2,2-3H3. The van der Waals surface area contributed by atoms with Crippen LogP contribution in [0.5, 0.6) is 11.5 Å². The Morgan fingerprint density at radius 2 is 1.23 bits per heavy atom. The Balaban J connectivity index is 2.03. The van der Waals surface area contributed by atoms with Crippen LogP contribution in [0.15, 0.2) is 48.5 Å². The number of terminal acetylenes is 1. The van der Waals surface area contributed by atoms with E-state index in [9.17, 15) is 0 Å². The summed E-state index contributed by atoms with van der Waals surface area (Å²) in [5.41, 5.74) is 2.43. The van der Waals surface area contributed by atoms with Gasteiger partial charge in [-0.2, -0.15) is 0 Å².